The maximum absolute atomic E-state index is 12.4. The Morgan fingerprint density at radius 1 is 1.06 bits per heavy atom. The number of hydrogen-bond acceptors (Lipinski definition) is 4. The van der Waals surface area contributed by atoms with Gasteiger partial charge in [0.1, 0.15) is 5.37 Å². The smallest absolute Gasteiger partial charge is 0.271 e. The summed E-state index contributed by atoms with van der Waals surface area (Å²) < 4.78 is 0.986. The minimum Gasteiger partial charge on any atom is -0.326 e. The average molecular weight is 508 g/mol. The highest BCUT2D eigenvalue weighted by atomic mass is 79.9. The van der Waals surface area contributed by atoms with Crippen LogP contribution in [0.15, 0.2) is 88.4 Å². The molecule has 3 aromatic rings. The van der Waals surface area contributed by atoms with Crippen molar-refractivity contribution in [1.82, 2.24) is 10.3 Å². The van der Waals surface area contributed by atoms with Gasteiger partial charge >= 0.3 is 0 Å². The van der Waals surface area contributed by atoms with Crippen molar-refractivity contribution in [2.75, 3.05) is 12.3 Å². The topological polar surface area (TPSA) is 61.8 Å². The van der Waals surface area contributed by atoms with Gasteiger partial charge < -0.3 is 4.90 Å². The van der Waals surface area contributed by atoms with E-state index in [1.165, 1.54) is 5.56 Å². The van der Waals surface area contributed by atoms with Crippen molar-refractivity contribution in [2.24, 2.45) is 5.10 Å². The quantitative estimate of drug-likeness (QED) is 0.360. The summed E-state index contributed by atoms with van der Waals surface area (Å²) in [6, 6.07) is 25.2. The number of thioether (sulfide) groups is 1. The van der Waals surface area contributed by atoms with Gasteiger partial charge in [-0.2, -0.15) is 5.10 Å². The first-order chi connectivity index (χ1) is 15.6. The van der Waals surface area contributed by atoms with Crippen LogP contribution in [0.4, 0.5) is 0 Å². The van der Waals surface area contributed by atoms with E-state index in [0.717, 1.165) is 22.0 Å². The summed E-state index contributed by atoms with van der Waals surface area (Å²) in [4.78, 5) is 26.8. The van der Waals surface area contributed by atoms with Crippen LogP contribution in [-0.4, -0.2) is 35.2 Å². The zero-order valence-corrected chi connectivity index (χ0v) is 19.7. The van der Waals surface area contributed by atoms with Crippen LogP contribution in [0.25, 0.3) is 0 Å². The molecule has 1 saturated heterocycles. The van der Waals surface area contributed by atoms with Crippen molar-refractivity contribution in [2.45, 2.75) is 11.8 Å². The Labute approximate surface area is 200 Å². The fraction of sp³-hybridized carbons (Fsp3) is 0.160. The Morgan fingerprint density at radius 3 is 2.50 bits per heavy atom. The average Bonchev–Trinajstić information content (AvgIpc) is 3.20. The molecule has 0 spiro atoms. The maximum atomic E-state index is 12.4. The second kappa shape index (κ2) is 10.6. The summed E-state index contributed by atoms with van der Waals surface area (Å²) in [7, 11) is 0. The number of carbonyl (C=O) groups is 2. The number of halogens is 1. The van der Waals surface area contributed by atoms with Crippen LogP contribution in [0.2, 0.25) is 0 Å². The molecule has 1 fully saturated rings. The number of benzene rings is 3. The number of nitrogens with zero attached hydrogens (tertiary/aromatic N) is 2. The molecule has 1 heterocycles. The number of rotatable bonds is 7. The Balaban J connectivity index is 1.36. The minimum atomic E-state index is -0.277. The monoisotopic (exact) mass is 507 g/mol. The van der Waals surface area contributed by atoms with Crippen LogP contribution in [0.1, 0.15) is 32.4 Å². The SMILES string of the molecule is O=C(N/N=C\c1ccc(Br)cc1)c1ccc([C@@H]2SCC(=O)N2CCc2ccccc2)cc1. The standard InChI is InChI=1S/C25H22BrN3O2S/c26-22-12-6-19(7-13-22)16-27-28-24(31)20-8-10-21(11-9-20)25-29(23(30)17-32-25)15-14-18-4-2-1-3-5-18/h1-13,16,25H,14-15,17H2,(H,28,31)/b27-16-/t25-/m0/s1. The number of amides is 2. The van der Waals surface area contributed by atoms with Crippen LogP contribution in [0.3, 0.4) is 0 Å². The van der Waals surface area contributed by atoms with Gasteiger partial charge in [-0.05, 0) is 47.4 Å². The van der Waals surface area contributed by atoms with Gasteiger partial charge in [0.15, 0.2) is 0 Å². The van der Waals surface area contributed by atoms with Crippen molar-refractivity contribution in [3.8, 4) is 0 Å². The van der Waals surface area contributed by atoms with Crippen molar-refractivity contribution < 1.29 is 9.59 Å². The summed E-state index contributed by atoms with van der Waals surface area (Å²) in [5, 5.41) is 4.00. The molecule has 7 heteroatoms. The van der Waals surface area contributed by atoms with Gasteiger partial charge in [-0.15, -0.1) is 11.8 Å². The molecule has 0 aromatic heterocycles. The van der Waals surface area contributed by atoms with E-state index in [1.807, 2.05) is 59.5 Å². The van der Waals surface area contributed by atoms with Gasteiger partial charge in [0.2, 0.25) is 5.91 Å². The Hall–Kier alpha value is -2.90. The molecule has 5 nitrogen and oxygen atoms in total. The van der Waals surface area contributed by atoms with E-state index in [0.29, 0.717) is 17.9 Å². The number of nitrogens with one attached hydrogen (secondary N) is 1. The van der Waals surface area contributed by atoms with E-state index < -0.39 is 0 Å². The molecule has 1 aliphatic rings. The first-order valence-electron chi connectivity index (χ1n) is 10.2. The third-order valence-corrected chi connectivity index (χ3v) is 6.94. The molecule has 1 aliphatic heterocycles. The van der Waals surface area contributed by atoms with E-state index in [9.17, 15) is 9.59 Å². The van der Waals surface area contributed by atoms with Gasteiger partial charge in [-0.1, -0.05) is 70.5 Å². The summed E-state index contributed by atoms with van der Waals surface area (Å²) >= 11 is 5.01. The van der Waals surface area contributed by atoms with Crippen LogP contribution in [0, 0.1) is 0 Å². The van der Waals surface area contributed by atoms with Crippen molar-refractivity contribution in [3.05, 3.63) is 106 Å². The molecule has 4 rings (SSSR count). The highest BCUT2D eigenvalue weighted by molar-refractivity contribution is 9.10. The van der Waals surface area contributed by atoms with Crippen LogP contribution in [0.5, 0.6) is 0 Å². The van der Waals surface area contributed by atoms with Gasteiger partial charge in [0.25, 0.3) is 5.91 Å². The lowest BCUT2D eigenvalue weighted by molar-refractivity contribution is -0.128. The van der Waals surface area contributed by atoms with Gasteiger partial charge in [-0.3, -0.25) is 9.59 Å². The normalized spacial score (nSPS) is 16.0. The highest BCUT2D eigenvalue weighted by Crippen LogP contribution is 2.38. The van der Waals surface area contributed by atoms with E-state index in [1.54, 1.807) is 30.1 Å². The molecule has 0 radical (unpaired) electrons. The van der Waals surface area contributed by atoms with Gasteiger partial charge in [0.05, 0.1) is 12.0 Å². The van der Waals surface area contributed by atoms with E-state index in [-0.39, 0.29) is 17.2 Å². The zero-order chi connectivity index (χ0) is 22.3. The van der Waals surface area contributed by atoms with Gasteiger partial charge in [0, 0.05) is 16.6 Å². The molecule has 0 saturated carbocycles. The van der Waals surface area contributed by atoms with Crippen LogP contribution < -0.4 is 5.43 Å². The fourth-order valence-electron chi connectivity index (χ4n) is 3.44. The Kier molecular flexibility index (Phi) is 7.39. The zero-order valence-electron chi connectivity index (χ0n) is 17.3. The van der Waals surface area contributed by atoms with Crippen molar-refractivity contribution in [3.63, 3.8) is 0 Å². The lowest BCUT2D eigenvalue weighted by atomic mass is 10.1. The molecule has 0 unspecified atom stereocenters. The molecule has 1 N–H and O–H groups in total. The summed E-state index contributed by atoms with van der Waals surface area (Å²) in [5.41, 5.74) is 6.20. The molecular formula is C25H22BrN3O2S. The third kappa shape index (κ3) is 5.66. The predicted molar refractivity (Wildman–Crippen MR) is 133 cm³/mol. The van der Waals surface area contributed by atoms with Crippen molar-refractivity contribution >= 4 is 45.7 Å². The largest absolute Gasteiger partial charge is 0.326 e. The molecule has 0 aliphatic carbocycles. The Morgan fingerprint density at radius 2 is 1.78 bits per heavy atom. The van der Waals surface area contributed by atoms with Crippen molar-refractivity contribution in [1.29, 1.82) is 0 Å². The fourth-order valence-corrected chi connectivity index (χ4v) is 4.93. The summed E-state index contributed by atoms with van der Waals surface area (Å²) in [5.74, 6) is 0.355. The second-order valence-electron chi connectivity index (χ2n) is 7.36. The molecule has 3 aromatic carbocycles. The van der Waals surface area contributed by atoms with Crippen LogP contribution >= 0.6 is 27.7 Å². The lowest BCUT2D eigenvalue weighted by Crippen LogP contribution is -2.30. The highest BCUT2D eigenvalue weighted by Gasteiger charge is 2.32. The van der Waals surface area contributed by atoms with E-state index >= 15 is 0 Å². The number of hydrogen-bond donors (Lipinski definition) is 1. The van der Waals surface area contributed by atoms with E-state index in [4.69, 9.17) is 0 Å². The first-order valence-corrected chi connectivity index (χ1v) is 12.1. The van der Waals surface area contributed by atoms with Crippen LogP contribution in [-0.2, 0) is 11.2 Å². The maximum Gasteiger partial charge on any atom is 0.271 e. The Bertz CT molecular complexity index is 1100. The molecular weight excluding hydrogens is 486 g/mol. The predicted octanol–water partition coefficient (Wildman–Crippen LogP) is 5.03. The molecule has 0 bridgehead atoms. The minimum absolute atomic E-state index is 0.0289. The lowest BCUT2D eigenvalue weighted by Gasteiger charge is -2.24. The summed E-state index contributed by atoms with van der Waals surface area (Å²) in [6.45, 7) is 0.674. The third-order valence-electron chi connectivity index (χ3n) is 5.16. The molecule has 1 atom stereocenters. The number of carbonyl (C=O) groups excluding carboxylic acids is 2. The van der Waals surface area contributed by atoms with Gasteiger partial charge in [-0.25, -0.2) is 5.43 Å². The molecule has 162 valence electrons. The van der Waals surface area contributed by atoms with E-state index in [2.05, 4.69) is 38.6 Å². The second-order valence-corrected chi connectivity index (χ2v) is 9.34. The number of hydrazone groups is 1. The first kappa shape index (κ1) is 22.3. The summed E-state index contributed by atoms with van der Waals surface area (Å²) in [6.07, 6.45) is 2.42. The molecule has 32 heavy (non-hydrogen) atoms. The molecule has 2 amide bonds.